The van der Waals surface area contributed by atoms with Gasteiger partial charge in [-0.2, -0.15) is 0 Å². The lowest BCUT2D eigenvalue weighted by Gasteiger charge is -1.98. The molecule has 1 heterocycles. The molecule has 15 heavy (non-hydrogen) atoms. The van der Waals surface area contributed by atoms with Crippen molar-refractivity contribution in [3.8, 4) is 0 Å². The molecule has 86 valence electrons. The van der Waals surface area contributed by atoms with E-state index in [1.165, 1.54) is 0 Å². The summed E-state index contributed by atoms with van der Waals surface area (Å²) < 4.78 is 1.83. The third-order valence-electron chi connectivity index (χ3n) is 2.11. The van der Waals surface area contributed by atoms with Crippen molar-refractivity contribution in [3.63, 3.8) is 0 Å². The number of rotatable bonds is 8. The summed E-state index contributed by atoms with van der Waals surface area (Å²) in [6.45, 7) is 5.02. The number of aliphatic hydroxyl groups excluding tert-OH is 1. The average Bonchev–Trinajstić information content (AvgIpc) is 2.67. The van der Waals surface area contributed by atoms with E-state index in [2.05, 4.69) is 22.6 Å². The Morgan fingerprint density at radius 2 is 2.33 bits per heavy atom. The monoisotopic (exact) mass is 212 g/mol. The maximum atomic E-state index is 8.64. The van der Waals surface area contributed by atoms with Crippen LogP contribution in [0, 0.1) is 0 Å². The predicted molar refractivity (Wildman–Crippen MR) is 58.3 cm³/mol. The molecule has 5 nitrogen and oxygen atoms in total. The second-order valence-corrected chi connectivity index (χ2v) is 3.58. The van der Waals surface area contributed by atoms with E-state index in [0.717, 1.165) is 44.6 Å². The highest BCUT2D eigenvalue weighted by molar-refractivity contribution is 4.91. The van der Waals surface area contributed by atoms with E-state index in [1.807, 2.05) is 10.9 Å². The topological polar surface area (TPSA) is 63.0 Å². The second-order valence-electron chi connectivity index (χ2n) is 3.58. The van der Waals surface area contributed by atoms with E-state index in [9.17, 15) is 0 Å². The third kappa shape index (κ3) is 4.90. The van der Waals surface area contributed by atoms with Crippen molar-refractivity contribution >= 4 is 0 Å². The number of hydrogen-bond donors (Lipinski definition) is 2. The van der Waals surface area contributed by atoms with Gasteiger partial charge in [0.1, 0.15) is 0 Å². The average molecular weight is 212 g/mol. The van der Waals surface area contributed by atoms with E-state index < -0.39 is 0 Å². The van der Waals surface area contributed by atoms with E-state index in [-0.39, 0.29) is 6.61 Å². The molecule has 1 aromatic rings. The Balaban J connectivity index is 2.23. The molecule has 0 unspecified atom stereocenters. The molecule has 0 aliphatic heterocycles. The number of nitrogens with zero attached hydrogens (tertiary/aromatic N) is 3. The summed E-state index contributed by atoms with van der Waals surface area (Å²) in [4.78, 5) is 0. The van der Waals surface area contributed by atoms with Gasteiger partial charge in [0.25, 0.3) is 0 Å². The summed E-state index contributed by atoms with van der Waals surface area (Å²) >= 11 is 0. The van der Waals surface area contributed by atoms with Crippen LogP contribution in [0.15, 0.2) is 6.20 Å². The normalized spacial score (nSPS) is 10.8. The van der Waals surface area contributed by atoms with Gasteiger partial charge in [-0.05, 0) is 25.8 Å². The van der Waals surface area contributed by atoms with E-state index in [4.69, 9.17) is 5.11 Å². The predicted octanol–water partition coefficient (Wildman–Crippen LogP) is 0.550. The first-order valence-corrected chi connectivity index (χ1v) is 5.57. The molecule has 0 spiro atoms. The smallest absolute Gasteiger partial charge is 0.0964 e. The zero-order chi connectivity index (χ0) is 10.9. The largest absolute Gasteiger partial charge is 0.396 e. The molecule has 0 atom stereocenters. The Kier molecular flexibility index (Phi) is 5.96. The van der Waals surface area contributed by atoms with Crippen LogP contribution in [0.2, 0.25) is 0 Å². The number of aryl methyl sites for hydroxylation is 1. The fourth-order valence-corrected chi connectivity index (χ4v) is 1.31. The minimum absolute atomic E-state index is 0.250. The van der Waals surface area contributed by atoms with Crippen molar-refractivity contribution in [3.05, 3.63) is 11.9 Å². The van der Waals surface area contributed by atoms with Gasteiger partial charge in [-0.3, -0.25) is 4.68 Å². The first-order valence-electron chi connectivity index (χ1n) is 5.57. The van der Waals surface area contributed by atoms with Crippen LogP contribution in [0.1, 0.15) is 31.9 Å². The highest BCUT2D eigenvalue weighted by Gasteiger charge is 1.99. The minimum Gasteiger partial charge on any atom is -0.396 e. The van der Waals surface area contributed by atoms with E-state index in [1.54, 1.807) is 0 Å². The third-order valence-corrected chi connectivity index (χ3v) is 2.11. The molecule has 1 rings (SSSR count). The summed E-state index contributed by atoms with van der Waals surface area (Å²) in [7, 11) is 0. The van der Waals surface area contributed by atoms with Crippen molar-refractivity contribution in [1.82, 2.24) is 20.3 Å². The zero-order valence-corrected chi connectivity index (χ0v) is 9.32. The lowest BCUT2D eigenvalue weighted by Crippen LogP contribution is -2.13. The molecule has 0 aromatic carbocycles. The lowest BCUT2D eigenvalue weighted by molar-refractivity contribution is 0.280. The first-order chi connectivity index (χ1) is 7.36. The number of hydrogen-bond acceptors (Lipinski definition) is 4. The minimum atomic E-state index is 0.250. The van der Waals surface area contributed by atoms with Crippen LogP contribution in [-0.4, -0.2) is 33.3 Å². The molecule has 0 amide bonds. The molecule has 1 aromatic heterocycles. The lowest BCUT2D eigenvalue weighted by atomic mass is 10.3. The number of nitrogens with one attached hydrogen (secondary N) is 1. The van der Waals surface area contributed by atoms with Crippen LogP contribution in [0.4, 0.5) is 0 Å². The molecule has 0 bridgehead atoms. The molecular weight excluding hydrogens is 192 g/mol. The Morgan fingerprint density at radius 3 is 3.07 bits per heavy atom. The Bertz CT molecular complexity index is 237. The van der Waals surface area contributed by atoms with Crippen LogP contribution >= 0.6 is 0 Å². The number of aliphatic hydroxyl groups is 1. The summed E-state index contributed by atoms with van der Waals surface area (Å²) in [5, 5.41) is 20.0. The highest BCUT2D eigenvalue weighted by Crippen LogP contribution is 1.96. The fourth-order valence-electron chi connectivity index (χ4n) is 1.31. The van der Waals surface area contributed by atoms with Crippen molar-refractivity contribution in [2.45, 2.75) is 39.3 Å². The van der Waals surface area contributed by atoms with Gasteiger partial charge in [0.2, 0.25) is 0 Å². The van der Waals surface area contributed by atoms with Gasteiger partial charge in [-0.1, -0.05) is 12.1 Å². The van der Waals surface area contributed by atoms with E-state index in [0.29, 0.717) is 0 Å². The van der Waals surface area contributed by atoms with Gasteiger partial charge in [0.15, 0.2) is 0 Å². The number of unbranched alkanes of at least 4 members (excludes halogenated alkanes) is 1. The fraction of sp³-hybridized carbons (Fsp3) is 0.800. The summed E-state index contributed by atoms with van der Waals surface area (Å²) in [5.41, 5.74) is 0.979. The molecule has 2 N–H and O–H groups in total. The molecular formula is C10H20N4O. The van der Waals surface area contributed by atoms with Gasteiger partial charge < -0.3 is 10.4 Å². The maximum Gasteiger partial charge on any atom is 0.0964 e. The van der Waals surface area contributed by atoms with Crippen molar-refractivity contribution in [2.75, 3.05) is 13.2 Å². The van der Waals surface area contributed by atoms with Gasteiger partial charge in [-0.15, -0.1) is 5.10 Å². The Hall–Kier alpha value is -0.940. The van der Waals surface area contributed by atoms with Crippen LogP contribution < -0.4 is 5.32 Å². The van der Waals surface area contributed by atoms with Gasteiger partial charge in [-0.25, -0.2) is 0 Å². The molecule has 5 heteroatoms. The molecule has 0 radical (unpaired) electrons. The Morgan fingerprint density at radius 1 is 1.47 bits per heavy atom. The summed E-state index contributed by atoms with van der Waals surface area (Å²) in [5.74, 6) is 0. The van der Waals surface area contributed by atoms with Gasteiger partial charge >= 0.3 is 0 Å². The molecule has 0 fully saturated rings. The molecule has 0 saturated carbocycles. The molecule has 0 aliphatic rings. The van der Waals surface area contributed by atoms with Crippen LogP contribution in [0.5, 0.6) is 0 Å². The second kappa shape index (κ2) is 7.36. The first kappa shape index (κ1) is 12.1. The number of aromatic nitrogens is 3. The maximum absolute atomic E-state index is 8.64. The van der Waals surface area contributed by atoms with Crippen LogP contribution in [-0.2, 0) is 13.1 Å². The van der Waals surface area contributed by atoms with Crippen LogP contribution in [0.3, 0.4) is 0 Å². The van der Waals surface area contributed by atoms with Gasteiger partial charge in [0.05, 0.1) is 5.69 Å². The zero-order valence-electron chi connectivity index (χ0n) is 9.32. The van der Waals surface area contributed by atoms with E-state index >= 15 is 0 Å². The highest BCUT2D eigenvalue weighted by atomic mass is 16.2. The SMILES string of the molecule is CCCNCc1cn(CCCCO)nn1. The van der Waals surface area contributed by atoms with Crippen LogP contribution in [0.25, 0.3) is 0 Å². The molecule has 0 saturated heterocycles. The standard InChI is InChI=1S/C10H20N4O/c1-2-5-11-8-10-9-14(13-12-10)6-3-4-7-15/h9,11,15H,2-8H2,1H3. The summed E-state index contributed by atoms with van der Waals surface area (Å²) in [6.07, 6.45) is 4.86. The van der Waals surface area contributed by atoms with Gasteiger partial charge in [0, 0.05) is 25.9 Å². The Labute approximate surface area is 90.5 Å². The van der Waals surface area contributed by atoms with Crippen molar-refractivity contribution in [1.29, 1.82) is 0 Å². The summed E-state index contributed by atoms with van der Waals surface area (Å²) in [6, 6.07) is 0. The quantitative estimate of drug-likeness (QED) is 0.618. The van der Waals surface area contributed by atoms with Crippen molar-refractivity contribution in [2.24, 2.45) is 0 Å². The van der Waals surface area contributed by atoms with Crippen molar-refractivity contribution < 1.29 is 5.11 Å². The molecule has 0 aliphatic carbocycles.